The summed E-state index contributed by atoms with van der Waals surface area (Å²) in [6, 6.07) is 1.93. The lowest BCUT2D eigenvalue weighted by atomic mass is 10.3. The van der Waals surface area contributed by atoms with Crippen LogP contribution in [-0.2, 0) is 13.1 Å². The Morgan fingerprint density at radius 1 is 1.35 bits per heavy atom. The molecule has 0 saturated carbocycles. The number of rotatable bonds is 4. The van der Waals surface area contributed by atoms with E-state index in [1.165, 1.54) is 0 Å². The molecule has 3 rings (SSSR count). The van der Waals surface area contributed by atoms with E-state index in [1.807, 2.05) is 30.2 Å². The van der Waals surface area contributed by atoms with Gasteiger partial charge in [-0.2, -0.15) is 0 Å². The van der Waals surface area contributed by atoms with E-state index in [1.54, 1.807) is 11.3 Å². The van der Waals surface area contributed by atoms with Crippen LogP contribution < -0.4 is 5.32 Å². The summed E-state index contributed by atoms with van der Waals surface area (Å²) in [5.41, 5.74) is 1.94. The molecule has 0 atom stereocenters. The molecule has 2 aromatic rings. The first-order valence-corrected chi connectivity index (χ1v) is 8.56. The van der Waals surface area contributed by atoms with Crippen LogP contribution in [0.2, 0.25) is 0 Å². The van der Waals surface area contributed by atoms with Crippen LogP contribution in [0.15, 0.2) is 16.0 Å². The van der Waals surface area contributed by atoms with Gasteiger partial charge in [-0.3, -0.25) is 4.90 Å². The molecule has 2 aromatic heterocycles. The average Bonchev–Trinajstić information content (AvgIpc) is 3.14. The third-order valence-electron chi connectivity index (χ3n) is 3.78. The minimum atomic E-state index is -0.0187. The van der Waals surface area contributed by atoms with Gasteiger partial charge in [0, 0.05) is 49.9 Å². The molecule has 1 N–H and O–H groups in total. The lowest BCUT2D eigenvalue weighted by Crippen LogP contribution is -2.51. The molecule has 7 nitrogen and oxygen atoms in total. The molecule has 1 aliphatic rings. The number of amides is 2. The van der Waals surface area contributed by atoms with Crippen molar-refractivity contribution in [3.63, 3.8) is 0 Å². The number of carbonyl (C=O) groups excluding carboxylic acids is 1. The van der Waals surface area contributed by atoms with Crippen LogP contribution in [0.25, 0.3) is 0 Å². The van der Waals surface area contributed by atoms with E-state index < -0.39 is 0 Å². The zero-order valence-corrected chi connectivity index (χ0v) is 14.2. The lowest BCUT2D eigenvalue weighted by molar-refractivity contribution is 0.133. The van der Waals surface area contributed by atoms with Gasteiger partial charge in [-0.25, -0.2) is 9.78 Å². The summed E-state index contributed by atoms with van der Waals surface area (Å²) in [4.78, 5) is 20.7. The Morgan fingerprint density at radius 2 is 2.13 bits per heavy atom. The zero-order chi connectivity index (χ0) is 16.2. The van der Waals surface area contributed by atoms with Crippen molar-refractivity contribution in [1.82, 2.24) is 25.3 Å². The molecule has 0 aliphatic carbocycles. The first-order chi connectivity index (χ1) is 11.1. The fourth-order valence-corrected chi connectivity index (χ4v) is 3.29. The molecule has 3 heterocycles. The van der Waals surface area contributed by atoms with Crippen molar-refractivity contribution in [1.29, 1.82) is 0 Å². The Bertz CT molecular complexity index is 660. The number of hydrogen-bond donors (Lipinski definition) is 1. The summed E-state index contributed by atoms with van der Waals surface area (Å²) in [6.45, 7) is 8.24. The van der Waals surface area contributed by atoms with E-state index in [4.69, 9.17) is 4.52 Å². The normalized spacial score (nSPS) is 15.8. The number of thiazole rings is 1. The van der Waals surface area contributed by atoms with Crippen LogP contribution in [0, 0.1) is 13.8 Å². The van der Waals surface area contributed by atoms with Gasteiger partial charge in [0.15, 0.2) is 0 Å². The smallest absolute Gasteiger partial charge is 0.317 e. The molecular weight excluding hydrogens is 314 g/mol. The number of urea groups is 1. The Kier molecular flexibility index (Phi) is 4.92. The van der Waals surface area contributed by atoms with Crippen LogP contribution >= 0.6 is 11.3 Å². The Hall–Kier alpha value is -1.93. The van der Waals surface area contributed by atoms with Crippen molar-refractivity contribution in [3.05, 3.63) is 33.6 Å². The van der Waals surface area contributed by atoms with Gasteiger partial charge in [0.25, 0.3) is 0 Å². The highest BCUT2D eigenvalue weighted by Crippen LogP contribution is 2.10. The Balaban J connectivity index is 1.42. The Morgan fingerprint density at radius 3 is 2.74 bits per heavy atom. The molecule has 2 amide bonds. The molecule has 23 heavy (non-hydrogen) atoms. The summed E-state index contributed by atoms with van der Waals surface area (Å²) >= 11 is 1.57. The van der Waals surface area contributed by atoms with Gasteiger partial charge in [-0.1, -0.05) is 5.16 Å². The van der Waals surface area contributed by atoms with Crippen LogP contribution in [0.3, 0.4) is 0 Å². The lowest BCUT2D eigenvalue weighted by Gasteiger charge is -2.34. The Labute approximate surface area is 139 Å². The number of aromatic nitrogens is 2. The fraction of sp³-hybridized carbons (Fsp3) is 0.533. The summed E-state index contributed by atoms with van der Waals surface area (Å²) in [6.07, 6.45) is 0. The second-order valence-electron chi connectivity index (χ2n) is 5.73. The predicted octanol–water partition coefficient (Wildman–Crippen LogP) is 1.78. The van der Waals surface area contributed by atoms with Gasteiger partial charge in [-0.05, 0) is 13.8 Å². The largest absolute Gasteiger partial charge is 0.361 e. The molecule has 0 aromatic carbocycles. The molecular formula is C15H21N5O2S. The predicted molar refractivity (Wildman–Crippen MR) is 87.2 cm³/mol. The third kappa shape index (κ3) is 4.29. The topological polar surface area (TPSA) is 74.5 Å². The van der Waals surface area contributed by atoms with E-state index in [9.17, 15) is 4.79 Å². The molecule has 0 bridgehead atoms. The van der Waals surface area contributed by atoms with Crippen molar-refractivity contribution >= 4 is 17.4 Å². The maximum Gasteiger partial charge on any atom is 0.317 e. The van der Waals surface area contributed by atoms with Crippen molar-refractivity contribution in [2.75, 3.05) is 26.2 Å². The molecule has 0 radical (unpaired) electrons. The van der Waals surface area contributed by atoms with E-state index in [0.29, 0.717) is 6.54 Å². The number of piperazine rings is 1. The molecule has 1 saturated heterocycles. The highest BCUT2D eigenvalue weighted by molar-refractivity contribution is 7.09. The molecule has 8 heteroatoms. The average molecular weight is 335 g/mol. The minimum Gasteiger partial charge on any atom is -0.361 e. The minimum absolute atomic E-state index is 0.0187. The van der Waals surface area contributed by atoms with Gasteiger partial charge in [0.2, 0.25) is 0 Å². The van der Waals surface area contributed by atoms with E-state index in [2.05, 4.69) is 20.4 Å². The number of nitrogens with one attached hydrogen (secondary N) is 1. The van der Waals surface area contributed by atoms with E-state index >= 15 is 0 Å². The number of carbonyl (C=O) groups is 1. The van der Waals surface area contributed by atoms with Gasteiger partial charge in [0.1, 0.15) is 10.8 Å². The van der Waals surface area contributed by atoms with Crippen molar-refractivity contribution in [2.45, 2.75) is 26.9 Å². The monoisotopic (exact) mass is 335 g/mol. The van der Waals surface area contributed by atoms with Crippen LogP contribution in [0.4, 0.5) is 4.79 Å². The van der Waals surface area contributed by atoms with Crippen LogP contribution in [0.5, 0.6) is 0 Å². The maximum atomic E-state index is 12.2. The van der Waals surface area contributed by atoms with Crippen LogP contribution in [0.1, 0.15) is 22.2 Å². The number of hydrogen-bond acceptors (Lipinski definition) is 6. The fourth-order valence-electron chi connectivity index (χ4n) is 2.58. The molecule has 0 unspecified atom stereocenters. The SMILES string of the molecule is Cc1csc(CNC(=O)N2CCN(Cc3cc(C)on3)CC2)n1. The van der Waals surface area contributed by atoms with Crippen molar-refractivity contribution < 1.29 is 9.32 Å². The number of aryl methyl sites for hydroxylation is 2. The molecule has 1 fully saturated rings. The van der Waals surface area contributed by atoms with Crippen molar-refractivity contribution in [2.24, 2.45) is 0 Å². The maximum absolute atomic E-state index is 12.2. The summed E-state index contributed by atoms with van der Waals surface area (Å²) < 4.78 is 5.08. The second kappa shape index (κ2) is 7.10. The highest BCUT2D eigenvalue weighted by atomic mass is 32.1. The zero-order valence-electron chi connectivity index (χ0n) is 13.4. The van der Waals surface area contributed by atoms with Crippen molar-refractivity contribution in [3.8, 4) is 0 Å². The van der Waals surface area contributed by atoms with Gasteiger partial charge in [0.05, 0.1) is 12.2 Å². The van der Waals surface area contributed by atoms with Gasteiger partial charge < -0.3 is 14.7 Å². The highest BCUT2D eigenvalue weighted by Gasteiger charge is 2.21. The van der Waals surface area contributed by atoms with Gasteiger partial charge in [-0.15, -0.1) is 11.3 Å². The first kappa shape index (κ1) is 15.9. The standard InChI is InChI=1S/C15H21N5O2S/c1-11-10-23-14(17-11)8-16-15(21)20-5-3-19(4-6-20)9-13-7-12(2)22-18-13/h7,10H,3-6,8-9H2,1-2H3,(H,16,21). The van der Waals surface area contributed by atoms with Crippen LogP contribution in [-0.4, -0.2) is 52.2 Å². The summed E-state index contributed by atoms with van der Waals surface area (Å²) in [5, 5.41) is 9.89. The molecule has 0 spiro atoms. The second-order valence-corrected chi connectivity index (χ2v) is 6.68. The van der Waals surface area contributed by atoms with Gasteiger partial charge >= 0.3 is 6.03 Å². The number of nitrogens with zero attached hydrogens (tertiary/aromatic N) is 4. The molecule has 1 aliphatic heterocycles. The third-order valence-corrected chi connectivity index (χ3v) is 4.75. The summed E-state index contributed by atoms with van der Waals surface area (Å²) in [7, 11) is 0. The summed E-state index contributed by atoms with van der Waals surface area (Å²) in [5.74, 6) is 0.829. The quantitative estimate of drug-likeness (QED) is 0.922. The first-order valence-electron chi connectivity index (χ1n) is 7.68. The van der Waals surface area contributed by atoms with E-state index in [0.717, 1.165) is 54.9 Å². The van der Waals surface area contributed by atoms with E-state index in [-0.39, 0.29) is 6.03 Å². The molecule has 124 valence electrons.